The van der Waals surface area contributed by atoms with Crippen molar-refractivity contribution in [2.45, 2.75) is 50.4 Å². The number of aromatic nitrogens is 3. The third kappa shape index (κ3) is 4.69. The van der Waals surface area contributed by atoms with E-state index in [1.54, 1.807) is 0 Å². The fourth-order valence-electron chi connectivity index (χ4n) is 3.52. The minimum Gasteiger partial charge on any atom is -0.492 e. The quantitative estimate of drug-likeness (QED) is 0.670. The van der Waals surface area contributed by atoms with E-state index in [1.807, 2.05) is 29.2 Å². The Hall–Kier alpha value is -1.89. The topological polar surface area (TPSA) is 71.1 Å². The first-order chi connectivity index (χ1) is 13.2. The predicted octanol–water partition coefficient (Wildman–Crippen LogP) is 4.01. The zero-order valence-electron chi connectivity index (χ0n) is 15.4. The lowest BCUT2D eigenvalue weighted by Gasteiger charge is -2.31. The average molecular weight is 433 g/mol. The molecule has 2 aromatic rings. The summed E-state index contributed by atoms with van der Waals surface area (Å²) < 4.78 is 6.68. The Labute approximate surface area is 167 Å². The highest BCUT2D eigenvalue weighted by Gasteiger charge is 2.30. The van der Waals surface area contributed by atoms with Crippen LogP contribution in [0.1, 0.15) is 62.0 Å². The van der Waals surface area contributed by atoms with Gasteiger partial charge in [0.1, 0.15) is 11.6 Å². The van der Waals surface area contributed by atoms with E-state index in [0.717, 1.165) is 54.2 Å². The van der Waals surface area contributed by atoms with E-state index >= 15 is 0 Å². The molecule has 0 spiro atoms. The maximum atomic E-state index is 12.4. The van der Waals surface area contributed by atoms with E-state index in [4.69, 9.17) is 4.74 Å². The van der Waals surface area contributed by atoms with E-state index in [9.17, 15) is 4.79 Å². The number of likely N-dealkylation sites (tertiary alicyclic amines) is 1. The van der Waals surface area contributed by atoms with Crippen LogP contribution in [-0.2, 0) is 4.79 Å². The number of halogens is 1. The number of amides is 1. The van der Waals surface area contributed by atoms with Gasteiger partial charge in [0.05, 0.1) is 11.1 Å². The van der Waals surface area contributed by atoms with Crippen LogP contribution in [-0.4, -0.2) is 45.7 Å². The van der Waals surface area contributed by atoms with Gasteiger partial charge in [-0.1, -0.05) is 12.1 Å². The second-order valence-corrected chi connectivity index (χ2v) is 8.24. The van der Waals surface area contributed by atoms with Gasteiger partial charge in [0, 0.05) is 31.3 Å². The second-order valence-electron chi connectivity index (χ2n) is 7.39. The summed E-state index contributed by atoms with van der Waals surface area (Å²) in [6.07, 6.45) is 5.61. The van der Waals surface area contributed by atoms with Gasteiger partial charge in [-0.2, -0.15) is 5.10 Å². The summed E-state index contributed by atoms with van der Waals surface area (Å²) in [4.78, 5) is 19.1. The van der Waals surface area contributed by atoms with Crippen LogP contribution in [0.5, 0.6) is 5.75 Å². The summed E-state index contributed by atoms with van der Waals surface area (Å²) in [5.74, 6) is 4.01. The lowest BCUT2D eigenvalue weighted by atomic mass is 9.96. The van der Waals surface area contributed by atoms with Gasteiger partial charge in [-0.25, -0.2) is 4.98 Å². The highest BCUT2D eigenvalue weighted by atomic mass is 79.9. The van der Waals surface area contributed by atoms with Crippen molar-refractivity contribution in [3.05, 3.63) is 40.4 Å². The smallest absolute Gasteiger partial charge is 0.222 e. The molecule has 1 amide bonds. The van der Waals surface area contributed by atoms with Gasteiger partial charge in [0.15, 0.2) is 5.82 Å². The number of H-pyrrole nitrogens is 1. The molecule has 6 nitrogen and oxygen atoms in total. The average Bonchev–Trinajstić information content (AvgIpc) is 3.43. The fourth-order valence-corrected chi connectivity index (χ4v) is 3.92. The van der Waals surface area contributed by atoms with Gasteiger partial charge in [-0.3, -0.25) is 9.89 Å². The Balaban J connectivity index is 1.17. The SMILES string of the molecule is O=C(CCCOc1ccccc1Br)N1CCC(c2nc(C3CC3)n[nH]2)CC1. The molecule has 27 heavy (non-hydrogen) atoms. The second kappa shape index (κ2) is 8.42. The van der Waals surface area contributed by atoms with Crippen LogP contribution in [0, 0.1) is 0 Å². The minimum absolute atomic E-state index is 0.223. The van der Waals surface area contributed by atoms with E-state index in [2.05, 4.69) is 31.1 Å². The van der Waals surface area contributed by atoms with E-state index in [1.165, 1.54) is 12.8 Å². The highest BCUT2D eigenvalue weighted by Crippen LogP contribution is 2.38. The number of nitrogens with zero attached hydrogens (tertiary/aromatic N) is 3. The number of benzene rings is 1. The van der Waals surface area contributed by atoms with E-state index < -0.39 is 0 Å². The Bertz CT molecular complexity index is 782. The van der Waals surface area contributed by atoms with Crippen molar-refractivity contribution in [2.24, 2.45) is 0 Å². The van der Waals surface area contributed by atoms with Crippen LogP contribution in [0.4, 0.5) is 0 Å². The van der Waals surface area contributed by atoms with Gasteiger partial charge in [0.25, 0.3) is 0 Å². The monoisotopic (exact) mass is 432 g/mol. The van der Waals surface area contributed by atoms with Crippen LogP contribution in [0.25, 0.3) is 0 Å². The summed E-state index contributed by atoms with van der Waals surface area (Å²) >= 11 is 3.47. The van der Waals surface area contributed by atoms with Gasteiger partial charge >= 0.3 is 0 Å². The maximum Gasteiger partial charge on any atom is 0.222 e. The van der Waals surface area contributed by atoms with Gasteiger partial charge in [-0.05, 0) is 60.2 Å². The lowest BCUT2D eigenvalue weighted by molar-refractivity contribution is -0.132. The third-order valence-electron chi connectivity index (χ3n) is 5.33. The molecule has 2 fully saturated rings. The molecule has 1 aromatic heterocycles. The number of piperidine rings is 1. The lowest BCUT2D eigenvalue weighted by Crippen LogP contribution is -2.38. The van der Waals surface area contributed by atoms with Crippen LogP contribution in [0.3, 0.4) is 0 Å². The molecule has 7 heteroatoms. The molecule has 1 saturated carbocycles. The molecule has 1 N–H and O–H groups in total. The van der Waals surface area contributed by atoms with Crippen LogP contribution >= 0.6 is 15.9 Å². The minimum atomic E-state index is 0.223. The molecule has 1 saturated heterocycles. The van der Waals surface area contributed by atoms with Crippen molar-refractivity contribution in [1.82, 2.24) is 20.1 Å². The number of carbonyl (C=O) groups excluding carboxylic acids is 1. The summed E-state index contributed by atoms with van der Waals surface area (Å²) in [6, 6.07) is 7.77. The molecule has 0 radical (unpaired) electrons. The summed E-state index contributed by atoms with van der Waals surface area (Å²) in [5.41, 5.74) is 0. The Morgan fingerprint density at radius 1 is 1.19 bits per heavy atom. The zero-order valence-corrected chi connectivity index (χ0v) is 17.0. The molecule has 0 bridgehead atoms. The molecule has 1 aromatic carbocycles. The van der Waals surface area contributed by atoms with E-state index in [0.29, 0.717) is 24.9 Å². The summed E-state index contributed by atoms with van der Waals surface area (Å²) in [6.45, 7) is 2.15. The van der Waals surface area contributed by atoms with Crippen LogP contribution in [0.15, 0.2) is 28.7 Å². The van der Waals surface area contributed by atoms with Crippen LogP contribution < -0.4 is 4.74 Å². The number of hydrogen-bond acceptors (Lipinski definition) is 4. The Morgan fingerprint density at radius 3 is 2.70 bits per heavy atom. The van der Waals surface area contributed by atoms with Crippen LogP contribution in [0.2, 0.25) is 0 Å². The molecule has 1 aliphatic heterocycles. The van der Waals surface area contributed by atoms with Crippen molar-refractivity contribution >= 4 is 21.8 Å². The van der Waals surface area contributed by atoms with Crippen molar-refractivity contribution in [1.29, 1.82) is 0 Å². The number of para-hydroxylation sites is 1. The first-order valence-electron chi connectivity index (χ1n) is 9.78. The number of ether oxygens (including phenoxy) is 1. The van der Waals surface area contributed by atoms with Crippen molar-refractivity contribution in [3.63, 3.8) is 0 Å². The number of nitrogens with one attached hydrogen (secondary N) is 1. The first kappa shape index (κ1) is 18.5. The Morgan fingerprint density at radius 2 is 1.96 bits per heavy atom. The number of hydrogen-bond donors (Lipinski definition) is 1. The fraction of sp³-hybridized carbons (Fsp3) is 0.550. The van der Waals surface area contributed by atoms with Gasteiger partial charge in [-0.15, -0.1) is 0 Å². The molecule has 4 rings (SSSR count). The van der Waals surface area contributed by atoms with Crippen molar-refractivity contribution in [2.75, 3.05) is 19.7 Å². The third-order valence-corrected chi connectivity index (χ3v) is 5.98. The van der Waals surface area contributed by atoms with Crippen molar-refractivity contribution in [3.8, 4) is 5.75 Å². The van der Waals surface area contributed by atoms with Crippen molar-refractivity contribution < 1.29 is 9.53 Å². The van der Waals surface area contributed by atoms with Gasteiger partial charge < -0.3 is 9.64 Å². The zero-order chi connectivity index (χ0) is 18.6. The largest absolute Gasteiger partial charge is 0.492 e. The molecule has 1 aliphatic carbocycles. The normalized spacial score (nSPS) is 17.9. The molecular weight excluding hydrogens is 408 g/mol. The molecule has 0 unspecified atom stereocenters. The first-order valence-corrected chi connectivity index (χ1v) is 10.6. The molecule has 0 atom stereocenters. The molecular formula is C20H25BrN4O2. The molecule has 2 heterocycles. The summed E-state index contributed by atoms with van der Waals surface area (Å²) in [5, 5.41) is 7.47. The molecule has 2 aliphatic rings. The number of carbonyl (C=O) groups is 1. The van der Waals surface area contributed by atoms with Gasteiger partial charge in [0.2, 0.25) is 5.91 Å². The maximum absolute atomic E-state index is 12.4. The number of rotatable bonds is 7. The highest BCUT2D eigenvalue weighted by molar-refractivity contribution is 9.10. The van der Waals surface area contributed by atoms with E-state index in [-0.39, 0.29) is 5.91 Å². The summed E-state index contributed by atoms with van der Waals surface area (Å²) in [7, 11) is 0. The standard InChI is InChI=1S/C20H25BrN4O2/c21-16-4-1-2-5-17(16)27-13-3-6-18(26)25-11-9-15(10-12-25)20-22-19(23-24-20)14-7-8-14/h1-2,4-5,14-15H,3,6-13H2,(H,22,23,24). The molecule has 144 valence electrons. The predicted molar refractivity (Wildman–Crippen MR) is 106 cm³/mol. The Kier molecular flexibility index (Phi) is 5.76. The number of aromatic amines is 1.